The van der Waals surface area contributed by atoms with Gasteiger partial charge in [0.15, 0.2) is 0 Å². The Bertz CT molecular complexity index is 520. The van der Waals surface area contributed by atoms with Crippen LogP contribution in [0.25, 0.3) is 0 Å². The molecule has 2 N–H and O–H groups in total. The predicted octanol–water partition coefficient (Wildman–Crippen LogP) is 1.42. The molecule has 1 heterocycles. The third-order valence-corrected chi connectivity index (χ3v) is 4.09. The number of rotatable bonds is 4. The molecular formula is C14H15NO4. The molecule has 5 heteroatoms. The molecule has 100 valence electrons. The molecule has 0 saturated heterocycles. The first-order valence-corrected chi connectivity index (χ1v) is 6.36. The second-order valence-electron chi connectivity index (χ2n) is 5.19. The second-order valence-corrected chi connectivity index (χ2v) is 5.19. The number of carbonyl (C=O) groups excluding carboxylic acids is 1. The van der Waals surface area contributed by atoms with Gasteiger partial charge >= 0.3 is 5.97 Å². The number of allylic oxidation sites excluding steroid dienone is 2. The minimum atomic E-state index is -0.875. The number of carboxylic acids is 1. The van der Waals surface area contributed by atoms with Gasteiger partial charge in [0.25, 0.3) is 0 Å². The molecule has 0 aliphatic heterocycles. The highest BCUT2D eigenvalue weighted by molar-refractivity contribution is 5.86. The van der Waals surface area contributed by atoms with Crippen molar-refractivity contribution in [1.82, 2.24) is 5.32 Å². The van der Waals surface area contributed by atoms with Gasteiger partial charge in [0, 0.05) is 12.1 Å². The van der Waals surface area contributed by atoms with Crippen LogP contribution in [0.5, 0.6) is 0 Å². The smallest absolute Gasteiger partial charge is 0.307 e. The van der Waals surface area contributed by atoms with Crippen molar-refractivity contribution in [2.45, 2.75) is 13.0 Å². The van der Waals surface area contributed by atoms with E-state index in [4.69, 9.17) is 4.42 Å². The molecule has 1 aromatic rings. The van der Waals surface area contributed by atoms with Gasteiger partial charge in [-0.25, -0.2) is 0 Å². The molecule has 3 rings (SSSR count). The van der Waals surface area contributed by atoms with Crippen LogP contribution in [-0.2, 0) is 16.1 Å². The van der Waals surface area contributed by atoms with Crippen LogP contribution in [0.2, 0.25) is 0 Å². The van der Waals surface area contributed by atoms with E-state index >= 15 is 0 Å². The Balaban J connectivity index is 1.68. The monoisotopic (exact) mass is 261 g/mol. The Morgan fingerprint density at radius 2 is 2.05 bits per heavy atom. The highest BCUT2D eigenvalue weighted by Crippen LogP contribution is 2.48. The van der Waals surface area contributed by atoms with Crippen LogP contribution in [0.1, 0.15) is 12.0 Å². The van der Waals surface area contributed by atoms with Crippen molar-refractivity contribution in [2.24, 2.45) is 23.7 Å². The summed E-state index contributed by atoms with van der Waals surface area (Å²) in [5.41, 5.74) is 0.874. The van der Waals surface area contributed by atoms with Crippen LogP contribution in [-0.4, -0.2) is 17.0 Å². The third kappa shape index (κ3) is 2.05. The fourth-order valence-electron chi connectivity index (χ4n) is 3.22. The summed E-state index contributed by atoms with van der Waals surface area (Å²) >= 11 is 0. The van der Waals surface area contributed by atoms with Crippen LogP contribution < -0.4 is 5.32 Å². The summed E-state index contributed by atoms with van der Waals surface area (Å²) in [6.07, 6.45) is 7.80. The van der Waals surface area contributed by atoms with Crippen molar-refractivity contribution in [3.63, 3.8) is 0 Å². The lowest BCUT2D eigenvalue weighted by Gasteiger charge is -2.23. The van der Waals surface area contributed by atoms with E-state index < -0.39 is 17.8 Å². The molecule has 1 saturated carbocycles. The van der Waals surface area contributed by atoms with E-state index in [1.165, 1.54) is 0 Å². The van der Waals surface area contributed by atoms with Crippen molar-refractivity contribution >= 4 is 11.9 Å². The predicted molar refractivity (Wildman–Crippen MR) is 65.9 cm³/mol. The highest BCUT2D eigenvalue weighted by Gasteiger charge is 2.51. The van der Waals surface area contributed by atoms with E-state index in [0.29, 0.717) is 6.54 Å². The Kier molecular flexibility index (Phi) is 2.89. The van der Waals surface area contributed by atoms with Gasteiger partial charge < -0.3 is 14.8 Å². The number of aliphatic carboxylic acids is 1. The standard InChI is InChI=1S/C14H15NO4/c16-13(15-6-8-3-4-19-7-8)11-9-1-2-10(5-9)12(11)14(17)18/h1-4,7,9-12H,5-6H2,(H,15,16)(H,17,18)/t9-,10-,11-,12-/m0/s1. The maximum atomic E-state index is 12.2. The van der Waals surface area contributed by atoms with Gasteiger partial charge in [-0.3, -0.25) is 9.59 Å². The maximum Gasteiger partial charge on any atom is 0.307 e. The molecule has 1 fully saturated rings. The molecule has 2 bridgehead atoms. The zero-order chi connectivity index (χ0) is 13.4. The number of nitrogens with one attached hydrogen (secondary N) is 1. The lowest BCUT2D eigenvalue weighted by molar-refractivity contribution is -0.147. The van der Waals surface area contributed by atoms with Gasteiger partial charge in [-0.2, -0.15) is 0 Å². The first-order chi connectivity index (χ1) is 9.16. The Morgan fingerprint density at radius 3 is 2.68 bits per heavy atom. The Labute approximate surface area is 110 Å². The number of fused-ring (bicyclic) bond motifs is 2. The summed E-state index contributed by atoms with van der Waals surface area (Å²) in [5, 5.41) is 12.1. The van der Waals surface area contributed by atoms with Gasteiger partial charge in [0.1, 0.15) is 0 Å². The van der Waals surface area contributed by atoms with E-state index in [2.05, 4.69) is 5.32 Å². The molecule has 2 aliphatic carbocycles. The molecule has 0 radical (unpaired) electrons. The summed E-state index contributed by atoms with van der Waals surface area (Å²) < 4.78 is 4.92. The minimum absolute atomic E-state index is 0.00664. The molecule has 0 unspecified atom stereocenters. The average molecular weight is 261 g/mol. The van der Waals surface area contributed by atoms with Gasteiger partial charge in [-0.05, 0) is 24.3 Å². The van der Waals surface area contributed by atoms with Crippen LogP contribution in [0.4, 0.5) is 0 Å². The van der Waals surface area contributed by atoms with Crippen LogP contribution >= 0.6 is 0 Å². The molecule has 1 aromatic heterocycles. The van der Waals surface area contributed by atoms with Crippen molar-refractivity contribution < 1.29 is 19.1 Å². The van der Waals surface area contributed by atoms with E-state index in [1.807, 2.05) is 12.2 Å². The normalized spacial score (nSPS) is 31.6. The fourth-order valence-corrected chi connectivity index (χ4v) is 3.22. The van der Waals surface area contributed by atoms with Crippen LogP contribution in [0, 0.1) is 23.7 Å². The second kappa shape index (κ2) is 4.57. The summed E-state index contributed by atoms with van der Waals surface area (Å²) in [7, 11) is 0. The summed E-state index contributed by atoms with van der Waals surface area (Å²) in [4.78, 5) is 23.5. The summed E-state index contributed by atoms with van der Waals surface area (Å²) in [6, 6.07) is 1.77. The van der Waals surface area contributed by atoms with Crippen LogP contribution in [0.3, 0.4) is 0 Å². The molecule has 0 spiro atoms. The van der Waals surface area contributed by atoms with Crippen molar-refractivity contribution in [3.8, 4) is 0 Å². The molecular weight excluding hydrogens is 246 g/mol. The number of amides is 1. The number of furan rings is 1. The lowest BCUT2D eigenvalue weighted by Crippen LogP contribution is -2.39. The number of carboxylic acid groups (broad SMARTS) is 1. The molecule has 5 nitrogen and oxygen atoms in total. The minimum Gasteiger partial charge on any atom is -0.481 e. The van der Waals surface area contributed by atoms with E-state index in [-0.39, 0.29) is 17.7 Å². The van der Waals surface area contributed by atoms with Gasteiger partial charge in [-0.1, -0.05) is 12.2 Å². The van der Waals surface area contributed by atoms with Crippen molar-refractivity contribution in [1.29, 1.82) is 0 Å². The van der Waals surface area contributed by atoms with E-state index in [1.54, 1.807) is 18.6 Å². The number of hydrogen-bond donors (Lipinski definition) is 2. The first kappa shape index (κ1) is 12.0. The number of hydrogen-bond acceptors (Lipinski definition) is 3. The molecule has 1 amide bonds. The molecule has 19 heavy (non-hydrogen) atoms. The van der Waals surface area contributed by atoms with Gasteiger partial charge in [-0.15, -0.1) is 0 Å². The van der Waals surface area contributed by atoms with Crippen molar-refractivity contribution in [2.75, 3.05) is 0 Å². The molecule has 0 aromatic carbocycles. The number of carbonyl (C=O) groups is 2. The highest BCUT2D eigenvalue weighted by atomic mass is 16.4. The summed E-state index contributed by atoms with van der Waals surface area (Å²) in [5.74, 6) is -2.01. The maximum absolute atomic E-state index is 12.2. The fraction of sp³-hybridized carbons (Fsp3) is 0.429. The van der Waals surface area contributed by atoms with Crippen LogP contribution in [0.15, 0.2) is 35.2 Å². The molecule has 4 atom stereocenters. The van der Waals surface area contributed by atoms with Gasteiger partial charge in [0.2, 0.25) is 5.91 Å². The average Bonchev–Trinajstić information content (AvgIpc) is 3.10. The Hall–Kier alpha value is -2.04. The topological polar surface area (TPSA) is 79.5 Å². The third-order valence-electron chi connectivity index (χ3n) is 4.09. The Morgan fingerprint density at radius 1 is 1.32 bits per heavy atom. The summed E-state index contributed by atoms with van der Waals surface area (Å²) in [6.45, 7) is 0.374. The van der Waals surface area contributed by atoms with E-state index in [0.717, 1.165) is 12.0 Å². The zero-order valence-corrected chi connectivity index (χ0v) is 10.3. The molecule has 2 aliphatic rings. The SMILES string of the molecule is O=C(O)[C@@H]1[C@@H](C(=O)NCc2ccoc2)[C@H]2C=C[C@H]1C2. The van der Waals surface area contributed by atoms with Gasteiger partial charge in [0.05, 0.1) is 24.4 Å². The zero-order valence-electron chi connectivity index (χ0n) is 10.3. The first-order valence-electron chi connectivity index (χ1n) is 6.36. The lowest BCUT2D eigenvalue weighted by atomic mass is 9.82. The largest absolute Gasteiger partial charge is 0.481 e. The van der Waals surface area contributed by atoms with Crippen molar-refractivity contribution in [3.05, 3.63) is 36.3 Å². The van der Waals surface area contributed by atoms with E-state index in [9.17, 15) is 14.7 Å². The quantitative estimate of drug-likeness (QED) is 0.803.